The molecule has 1 amide bonds. The maximum atomic E-state index is 12.0. The third kappa shape index (κ3) is 4.94. The Hall–Kier alpha value is -1.40. The Bertz CT molecular complexity index is 470. The van der Waals surface area contributed by atoms with Crippen LogP contribution < -0.4 is 5.32 Å². The summed E-state index contributed by atoms with van der Waals surface area (Å²) in [5.41, 5.74) is 1.21. The van der Waals surface area contributed by atoms with Crippen LogP contribution in [0.15, 0.2) is 6.07 Å². The number of methoxy groups -OCH3 is 1. The van der Waals surface area contributed by atoms with Crippen LogP contribution in [0.4, 0.5) is 0 Å². The predicted molar refractivity (Wildman–Crippen MR) is 78.4 cm³/mol. The summed E-state index contributed by atoms with van der Waals surface area (Å²) >= 11 is 1.47. The van der Waals surface area contributed by atoms with Gasteiger partial charge >= 0.3 is 5.97 Å². The molecule has 0 aliphatic carbocycles. The lowest BCUT2D eigenvalue weighted by atomic mass is 10.1. The van der Waals surface area contributed by atoms with Crippen molar-refractivity contribution in [2.24, 2.45) is 0 Å². The number of hydrogen-bond donors (Lipinski definition) is 2. The number of carboxylic acid groups (broad SMARTS) is 1. The number of amides is 1. The van der Waals surface area contributed by atoms with Crippen LogP contribution in [0.3, 0.4) is 0 Å². The molecule has 1 aromatic heterocycles. The number of thiophene rings is 1. The SMILES string of the molecule is CCCc1cc(C(=O)NCC(CC(=O)O)OC)sc1C. The van der Waals surface area contributed by atoms with Crippen molar-refractivity contribution in [3.05, 3.63) is 21.4 Å². The van der Waals surface area contributed by atoms with Crippen molar-refractivity contribution in [2.45, 2.75) is 39.2 Å². The second kappa shape index (κ2) is 8.01. The van der Waals surface area contributed by atoms with E-state index >= 15 is 0 Å². The Balaban J connectivity index is 2.57. The maximum Gasteiger partial charge on any atom is 0.306 e. The molecule has 2 N–H and O–H groups in total. The van der Waals surface area contributed by atoms with Gasteiger partial charge in [-0.1, -0.05) is 13.3 Å². The monoisotopic (exact) mass is 299 g/mol. The number of carboxylic acids is 1. The van der Waals surface area contributed by atoms with E-state index in [0.717, 1.165) is 17.7 Å². The standard InChI is InChI=1S/C14H21NO4S/c1-4-5-10-6-12(20-9(10)2)14(18)15-8-11(19-3)7-13(16)17/h6,11H,4-5,7-8H2,1-3H3,(H,15,18)(H,16,17). The normalized spacial score (nSPS) is 12.2. The first-order valence-electron chi connectivity index (χ1n) is 6.60. The predicted octanol–water partition coefficient (Wildman–Crippen LogP) is 2.23. The number of ether oxygens (including phenoxy) is 1. The zero-order chi connectivity index (χ0) is 15.1. The van der Waals surface area contributed by atoms with Crippen LogP contribution in [0.2, 0.25) is 0 Å². The third-order valence-electron chi connectivity index (χ3n) is 2.99. The highest BCUT2D eigenvalue weighted by Crippen LogP contribution is 2.22. The second-order valence-electron chi connectivity index (χ2n) is 4.61. The highest BCUT2D eigenvalue weighted by Gasteiger charge is 2.16. The molecule has 1 heterocycles. The molecule has 0 saturated carbocycles. The lowest BCUT2D eigenvalue weighted by Gasteiger charge is -2.13. The molecular weight excluding hydrogens is 278 g/mol. The van der Waals surface area contributed by atoms with Crippen molar-refractivity contribution in [3.63, 3.8) is 0 Å². The van der Waals surface area contributed by atoms with E-state index in [2.05, 4.69) is 12.2 Å². The minimum atomic E-state index is -0.941. The zero-order valence-electron chi connectivity index (χ0n) is 12.1. The molecule has 1 rings (SSSR count). The van der Waals surface area contributed by atoms with Crippen LogP contribution in [0.25, 0.3) is 0 Å². The first-order valence-corrected chi connectivity index (χ1v) is 7.41. The Morgan fingerprint density at radius 2 is 2.20 bits per heavy atom. The molecule has 112 valence electrons. The van der Waals surface area contributed by atoms with Gasteiger partial charge in [0.25, 0.3) is 5.91 Å². The van der Waals surface area contributed by atoms with Crippen LogP contribution in [-0.2, 0) is 16.0 Å². The van der Waals surface area contributed by atoms with Gasteiger partial charge in [0.15, 0.2) is 0 Å². The topological polar surface area (TPSA) is 75.6 Å². The van der Waals surface area contributed by atoms with Crippen LogP contribution in [-0.4, -0.2) is 36.7 Å². The highest BCUT2D eigenvalue weighted by atomic mass is 32.1. The summed E-state index contributed by atoms with van der Waals surface area (Å²) in [6.07, 6.45) is 1.38. The number of hydrogen-bond acceptors (Lipinski definition) is 4. The lowest BCUT2D eigenvalue weighted by molar-refractivity contribution is -0.139. The van der Waals surface area contributed by atoms with E-state index in [1.807, 2.05) is 13.0 Å². The molecule has 6 heteroatoms. The van der Waals surface area contributed by atoms with Crippen molar-refractivity contribution in [1.29, 1.82) is 0 Å². The molecule has 0 saturated heterocycles. The molecule has 0 bridgehead atoms. The van der Waals surface area contributed by atoms with Gasteiger partial charge in [0, 0.05) is 18.5 Å². The summed E-state index contributed by atoms with van der Waals surface area (Å²) in [5.74, 6) is -1.11. The summed E-state index contributed by atoms with van der Waals surface area (Å²) < 4.78 is 5.02. The van der Waals surface area contributed by atoms with Crippen molar-refractivity contribution in [3.8, 4) is 0 Å². The molecular formula is C14H21NO4S. The van der Waals surface area contributed by atoms with Gasteiger partial charge in [-0.05, 0) is 25.0 Å². The molecule has 0 radical (unpaired) electrons. The van der Waals surface area contributed by atoms with Crippen molar-refractivity contribution >= 4 is 23.2 Å². The van der Waals surface area contributed by atoms with E-state index in [0.29, 0.717) is 4.88 Å². The molecule has 20 heavy (non-hydrogen) atoms. The fourth-order valence-electron chi connectivity index (χ4n) is 1.88. The molecule has 0 spiro atoms. The fourth-order valence-corrected chi connectivity index (χ4v) is 2.86. The summed E-state index contributed by atoms with van der Waals surface area (Å²) in [5, 5.41) is 11.4. The Kier molecular flexibility index (Phi) is 6.67. The van der Waals surface area contributed by atoms with Crippen LogP contribution in [0.5, 0.6) is 0 Å². The van der Waals surface area contributed by atoms with Gasteiger partial charge in [0.05, 0.1) is 17.4 Å². The van der Waals surface area contributed by atoms with Crippen LogP contribution >= 0.6 is 11.3 Å². The maximum absolute atomic E-state index is 12.0. The average molecular weight is 299 g/mol. The van der Waals surface area contributed by atoms with E-state index in [-0.39, 0.29) is 18.9 Å². The third-order valence-corrected chi connectivity index (χ3v) is 4.08. The highest BCUT2D eigenvalue weighted by molar-refractivity contribution is 7.14. The molecule has 0 aliphatic rings. The molecule has 5 nitrogen and oxygen atoms in total. The van der Waals surface area contributed by atoms with E-state index in [1.165, 1.54) is 24.0 Å². The Morgan fingerprint density at radius 1 is 1.50 bits per heavy atom. The average Bonchev–Trinajstić information content (AvgIpc) is 2.76. The fraction of sp³-hybridized carbons (Fsp3) is 0.571. The van der Waals surface area contributed by atoms with Gasteiger partial charge in [0.1, 0.15) is 0 Å². The van der Waals surface area contributed by atoms with Crippen LogP contribution in [0, 0.1) is 6.92 Å². The summed E-state index contributed by atoms with van der Waals surface area (Å²) in [4.78, 5) is 24.5. The first kappa shape index (κ1) is 16.7. The Labute approximate surface area is 123 Å². The first-order chi connectivity index (χ1) is 9.47. The summed E-state index contributed by atoms with van der Waals surface area (Å²) in [6, 6.07) is 1.91. The molecule has 0 fully saturated rings. The van der Waals surface area contributed by atoms with Gasteiger partial charge in [-0.3, -0.25) is 9.59 Å². The number of aryl methyl sites for hydroxylation is 2. The molecule has 0 aromatic carbocycles. The Morgan fingerprint density at radius 3 is 2.75 bits per heavy atom. The minimum absolute atomic E-state index is 0.124. The summed E-state index contributed by atoms with van der Waals surface area (Å²) in [7, 11) is 1.44. The lowest BCUT2D eigenvalue weighted by Crippen LogP contribution is -2.34. The van der Waals surface area contributed by atoms with Gasteiger partial charge in [-0.15, -0.1) is 11.3 Å². The molecule has 0 aliphatic heterocycles. The number of aliphatic carboxylic acids is 1. The smallest absolute Gasteiger partial charge is 0.306 e. The number of nitrogens with one attached hydrogen (secondary N) is 1. The minimum Gasteiger partial charge on any atom is -0.481 e. The molecule has 1 unspecified atom stereocenters. The summed E-state index contributed by atoms with van der Waals surface area (Å²) in [6.45, 7) is 4.31. The van der Waals surface area contributed by atoms with E-state index in [1.54, 1.807) is 0 Å². The van der Waals surface area contributed by atoms with Crippen molar-refractivity contribution in [2.75, 3.05) is 13.7 Å². The van der Waals surface area contributed by atoms with E-state index in [9.17, 15) is 9.59 Å². The second-order valence-corrected chi connectivity index (χ2v) is 5.86. The zero-order valence-corrected chi connectivity index (χ0v) is 12.9. The molecule has 1 atom stereocenters. The van der Waals surface area contributed by atoms with E-state index in [4.69, 9.17) is 9.84 Å². The van der Waals surface area contributed by atoms with Gasteiger partial charge < -0.3 is 15.2 Å². The van der Waals surface area contributed by atoms with Gasteiger partial charge in [0.2, 0.25) is 0 Å². The van der Waals surface area contributed by atoms with Gasteiger partial charge in [-0.2, -0.15) is 0 Å². The van der Waals surface area contributed by atoms with Crippen molar-refractivity contribution < 1.29 is 19.4 Å². The quantitative estimate of drug-likeness (QED) is 0.772. The number of carbonyl (C=O) groups is 2. The van der Waals surface area contributed by atoms with Crippen LogP contribution in [0.1, 0.15) is 39.9 Å². The largest absolute Gasteiger partial charge is 0.481 e. The van der Waals surface area contributed by atoms with E-state index < -0.39 is 12.1 Å². The number of carbonyl (C=O) groups excluding carboxylic acids is 1. The number of rotatable bonds is 8. The van der Waals surface area contributed by atoms with Crippen molar-refractivity contribution in [1.82, 2.24) is 5.32 Å². The molecule has 1 aromatic rings. The van der Waals surface area contributed by atoms with Gasteiger partial charge in [-0.25, -0.2) is 0 Å².